The van der Waals surface area contributed by atoms with Crippen LogP contribution >= 0.6 is 11.6 Å². The molecule has 0 aliphatic carbocycles. The van der Waals surface area contributed by atoms with Crippen LogP contribution in [0.4, 0.5) is 35.1 Å². The minimum atomic E-state index is -6.91. The van der Waals surface area contributed by atoms with E-state index in [4.69, 9.17) is 0 Å². The monoisotopic (exact) mass is 279 g/mol. The van der Waals surface area contributed by atoms with E-state index in [-0.39, 0.29) is 0 Å². The number of carbonyl (C=O) groups is 1. The summed E-state index contributed by atoms with van der Waals surface area (Å²) in [4.78, 5) is 9.48. The first-order valence-corrected chi connectivity index (χ1v) is 3.49. The molecule has 96 valence electrons. The van der Waals surface area contributed by atoms with E-state index in [9.17, 15) is 45.0 Å². The van der Waals surface area contributed by atoms with Crippen molar-refractivity contribution in [2.75, 3.05) is 0 Å². The van der Waals surface area contributed by atoms with Gasteiger partial charge in [-0.3, -0.25) is 0 Å². The highest BCUT2D eigenvalue weighted by Gasteiger charge is 2.80. The van der Waals surface area contributed by atoms with Crippen LogP contribution in [0.15, 0.2) is 0 Å². The van der Waals surface area contributed by atoms with Crippen LogP contribution in [0.2, 0.25) is 0 Å². The normalized spacial score (nSPS) is 15.1. The van der Waals surface area contributed by atoms with E-state index in [2.05, 4.69) is 11.6 Å². The van der Waals surface area contributed by atoms with Crippen molar-refractivity contribution >= 4 is 17.6 Å². The number of aliphatic carboxylic acids is 1. The maximum atomic E-state index is 12.2. The summed E-state index contributed by atoms with van der Waals surface area (Å²) in [6.45, 7) is 0. The van der Waals surface area contributed by atoms with Crippen molar-refractivity contribution in [3.05, 3.63) is 0 Å². The fourth-order valence-electron chi connectivity index (χ4n) is 0.503. The van der Waals surface area contributed by atoms with Crippen molar-refractivity contribution in [3.63, 3.8) is 0 Å². The third kappa shape index (κ3) is 1.89. The molecule has 0 heterocycles. The summed E-state index contributed by atoms with van der Waals surface area (Å²) in [5.74, 6) is -24.1. The predicted molar refractivity (Wildman–Crippen MR) is 30.6 cm³/mol. The van der Waals surface area contributed by atoms with Gasteiger partial charge in [-0.05, 0) is 11.6 Å². The second-order valence-electron chi connectivity index (χ2n) is 2.51. The number of rotatable bonds is 4. The summed E-state index contributed by atoms with van der Waals surface area (Å²) >= 11 is 3.51. The molecular weight excluding hydrogens is 279 g/mol. The first-order valence-electron chi connectivity index (χ1n) is 3.11. The lowest BCUT2D eigenvalue weighted by Crippen LogP contribution is -2.65. The Labute approximate surface area is 86.8 Å². The minimum absolute atomic E-state index is 3.51. The van der Waals surface area contributed by atoms with Gasteiger partial charge in [0.25, 0.3) is 0 Å². The van der Waals surface area contributed by atoms with E-state index < -0.39 is 29.1 Å². The van der Waals surface area contributed by atoms with Crippen LogP contribution in [0.25, 0.3) is 0 Å². The highest BCUT2D eigenvalue weighted by atomic mass is 35.5. The molecule has 0 fully saturated rings. The van der Waals surface area contributed by atoms with Gasteiger partial charge in [0, 0.05) is 0 Å². The molecule has 0 aliphatic rings. The summed E-state index contributed by atoms with van der Waals surface area (Å²) in [5.41, 5.74) is 0. The number of halogens is 9. The van der Waals surface area contributed by atoms with E-state index >= 15 is 0 Å². The molecular formula is C5ClF8O2-. The zero-order valence-electron chi connectivity index (χ0n) is 6.72. The van der Waals surface area contributed by atoms with Crippen LogP contribution in [0.5, 0.6) is 0 Å². The van der Waals surface area contributed by atoms with E-state index in [0.29, 0.717) is 0 Å². The second-order valence-corrected chi connectivity index (χ2v) is 2.98. The summed E-state index contributed by atoms with van der Waals surface area (Å²) in [5, 5.41) is 3.42. The number of hydrogen-bond acceptors (Lipinski definition) is 2. The standard InChI is InChI=1S/C5HClF8O2/c6-5(13,14)4(11,12)3(9,10)2(7,8)1(15)16/h(H,15,16)/p-1. The maximum Gasteiger partial charge on any atom is 0.393 e. The van der Waals surface area contributed by atoms with Gasteiger partial charge in [0.05, 0.1) is 0 Å². The molecule has 0 amide bonds. The number of carboxylic acids is 1. The quantitative estimate of drug-likeness (QED) is 0.577. The molecule has 0 aromatic heterocycles. The number of alkyl halides is 9. The summed E-state index contributed by atoms with van der Waals surface area (Å²) < 4.78 is 96.5. The lowest BCUT2D eigenvalue weighted by atomic mass is 10.1. The van der Waals surface area contributed by atoms with Crippen molar-refractivity contribution in [3.8, 4) is 0 Å². The first kappa shape index (κ1) is 15.2. The molecule has 0 rings (SSSR count). The molecule has 0 atom stereocenters. The lowest BCUT2D eigenvalue weighted by molar-refractivity contribution is -0.383. The first-order chi connectivity index (χ1) is 6.69. The van der Waals surface area contributed by atoms with Gasteiger partial charge in [0.1, 0.15) is 5.97 Å². The fraction of sp³-hybridized carbons (Fsp3) is 0.800. The van der Waals surface area contributed by atoms with Gasteiger partial charge in [0.15, 0.2) is 0 Å². The Balaban J connectivity index is 5.62. The molecule has 0 radical (unpaired) electrons. The third-order valence-corrected chi connectivity index (χ3v) is 1.64. The van der Waals surface area contributed by atoms with Crippen molar-refractivity contribution in [1.82, 2.24) is 0 Å². The second kappa shape index (κ2) is 3.60. The van der Waals surface area contributed by atoms with Crippen LogP contribution in [0.1, 0.15) is 0 Å². The van der Waals surface area contributed by atoms with Crippen molar-refractivity contribution < 1.29 is 45.0 Å². The predicted octanol–water partition coefficient (Wildman–Crippen LogP) is 1.47. The molecule has 16 heavy (non-hydrogen) atoms. The van der Waals surface area contributed by atoms with Crippen molar-refractivity contribution in [2.24, 2.45) is 0 Å². The molecule has 11 heteroatoms. The zero-order chi connectivity index (χ0) is 13.6. The molecule has 0 saturated carbocycles. The highest BCUT2D eigenvalue weighted by molar-refractivity contribution is 6.22. The van der Waals surface area contributed by atoms with Crippen LogP contribution in [-0.4, -0.2) is 29.1 Å². The Hall–Kier alpha value is -0.800. The van der Waals surface area contributed by atoms with E-state index in [1.54, 1.807) is 0 Å². The van der Waals surface area contributed by atoms with E-state index in [0.717, 1.165) is 0 Å². The topological polar surface area (TPSA) is 40.1 Å². The van der Waals surface area contributed by atoms with Crippen LogP contribution in [0.3, 0.4) is 0 Å². The number of carbonyl (C=O) groups excluding carboxylic acids is 1. The van der Waals surface area contributed by atoms with E-state index in [1.165, 1.54) is 0 Å². The van der Waals surface area contributed by atoms with Crippen LogP contribution < -0.4 is 5.11 Å². The van der Waals surface area contributed by atoms with Crippen LogP contribution in [-0.2, 0) is 4.79 Å². The molecule has 0 bridgehead atoms. The lowest BCUT2D eigenvalue weighted by Gasteiger charge is -2.34. The van der Waals surface area contributed by atoms with Gasteiger partial charge in [-0.25, -0.2) is 0 Å². The summed E-state index contributed by atoms with van der Waals surface area (Å²) in [6.07, 6.45) is 0. The SMILES string of the molecule is O=C([O-])C(F)(F)C(F)(F)C(F)(F)C(F)(F)Cl. The van der Waals surface area contributed by atoms with E-state index in [1.807, 2.05) is 0 Å². The van der Waals surface area contributed by atoms with Gasteiger partial charge in [-0.2, -0.15) is 35.1 Å². The smallest absolute Gasteiger partial charge is 0.393 e. The largest absolute Gasteiger partial charge is 0.544 e. The van der Waals surface area contributed by atoms with Crippen molar-refractivity contribution in [1.29, 1.82) is 0 Å². The minimum Gasteiger partial charge on any atom is -0.544 e. The zero-order valence-corrected chi connectivity index (χ0v) is 7.47. The van der Waals surface area contributed by atoms with Gasteiger partial charge < -0.3 is 9.90 Å². The molecule has 0 unspecified atom stereocenters. The Morgan fingerprint density at radius 1 is 0.875 bits per heavy atom. The van der Waals surface area contributed by atoms with Gasteiger partial charge >= 0.3 is 23.1 Å². The molecule has 0 saturated heterocycles. The molecule has 0 N–H and O–H groups in total. The Kier molecular flexibility index (Phi) is 3.42. The molecule has 0 aromatic rings. The summed E-state index contributed by atoms with van der Waals surface area (Å²) in [6, 6.07) is 0. The average Bonchev–Trinajstić information content (AvgIpc) is 2.00. The van der Waals surface area contributed by atoms with Gasteiger partial charge in [-0.15, -0.1) is 0 Å². The Morgan fingerprint density at radius 3 is 1.38 bits per heavy atom. The molecule has 0 aromatic carbocycles. The number of hydrogen-bond donors (Lipinski definition) is 0. The highest BCUT2D eigenvalue weighted by Crippen LogP contribution is 2.53. The van der Waals surface area contributed by atoms with Gasteiger partial charge in [-0.1, -0.05) is 0 Å². The summed E-state index contributed by atoms with van der Waals surface area (Å²) in [7, 11) is 0. The Morgan fingerprint density at radius 2 is 1.19 bits per heavy atom. The molecule has 0 aliphatic heterocycles. The average molecular weight is 279 g/mol. The Bertz CT molecular complexity index is 295. The van der Waals surface area contributed by atoms with Gasteiger partial charge in [0.2, 0.25) is 0 Å². The fourth-order valence-corrected chi connectivity index (χ4v) is 0.622. The third-order valence-electron chi connectivity index (χ3n) is 1.40. The maximum absolute atomic E-state index is 12.2. The molecule has 0 spiro atoms. The number of carboxylic acid groups (broad SMARTS) is 1. The van der Waals surface area contributed by atoms with Crippen LogP contribution in [0, 0.1) is 0 Å². The molecule has 2 nitrogen and oxygen atoms in total. The van der Waals surface area contributed by atoms with Crippen molar-refractivity contribution in [2.45, 2.75) is 23.1 Å².